The number of amides is 2. The zero-order valence-corrected chi connectivity index (χ0v) is 18.7. The quantitative estimate of drug-likeness (QED) is 0.656. The first-order valence-corrected chi connectivity index (χ1v) is 12.1. The normalized spacial score (nSPS) is 15.9. The number of rotatable bonds is 8. The van der Waals surface area contributed by atoms with Crippen LogP contribution in [0.4, 0.5) is 0 Å². The second kappa shape index (κ2) is 10.1. The Morgan fingerprint density at radius 2 is 1.81 bits per heavy atom. The second-order valence-corrected chi connectivity index (χ2v) is 9.45. The molecule has 1 aliphatic rings. The highest BCUT2D eigenvalue weighted by atomic mass is 32.2. The van der Waals surface area contributed by atoms with Gasteiger partial charge in [0.05, 0.1) is 17.5 Å². The van der Waals surface area contributed by atoms with Crippen molar-refractivity contribution in [2.75, 3.05) is 19.6 Å². The molecule has 2 aromatic carbocycles. The summed E-state index contributed by atoms with van der Waals surface area (Å²) in [4.78, 5) is 25.0. The van der Waals surface area contributed by atoms with Crippen molar-refractivity contribution in [3.05, 3.63) is 65.2 Å². The van der Waals surface area contributed by atoms with E-state index in [1.807, 2.05) is 18.2 Å². The van der Waals surface area contributed by atoms with Crippen LogP contribution in [0.1, 0.15) is 54.2 Å². The molecule has 166 valence electrons. The van der Waals surface area contributed by atoms with Crippen LogP contribution >= 0.6 is 0 Å². The first-order chi connectivity index (χ1) is 14.9. The molecule has 7 nitrogen and oxygen atoms in total. The molecule has 1 aliphatic carbocycles. The Hall–Kier alpha value is -2.71. The van der Waals surface area contributed by atoms with Gasteiger partial charge in [0, 0.05) is 18.7 Å². The number of hydrogen-bond donors (Lipinski definition) is 2. The van der Waals surface area contributed by atoms with Gasteiger partial charge >= 0.3 is 0 Å². The van der Waals surface area contributed by atoms with Gasteiger partial charge < -0.3 is 10.6 Å². The van der Waals surface area contributed by atoms with Gasteiger partial charge in [-0.1, -0.05) is 44.2 Å². The molecule has 0 fully saturated rings. The van der Waals surface area contributed by atoms with Crippen LogP contribution in [-0.4, -0.2) is 44.2 Å². The minimum atomic E-state index is -3.66. The summed E-state index contributed by atoms with van der Waals surface area (Å²) in [5.41, 5.74) is 2.57. The summed E-state index contributed by atoms with van der Waals surface area (Å²) in [5.74, 6) is -0.766. The molecule has 2 aromatic rings. The van der Waals surface area contributed by atoms with Gasteiger partial charge in [-0.05, 0) is 48.6 Å². The van der Waals surface area contributed by atoms with E-state index >= 15 is 0 Å². The van der Waals surface area contributed by atoms with E-state index < -0.39 is 15.9 Å². The van der Waals surface area contributed by atoms with Gasteiger partial charge in [0.2, 0.25) is 15.9 Å². The molecule has 0 saturated heterocycles. The van der Waals surface area contributed by atoms with Crippen molar-refractivity contribution < 1.29 is 18.0 Å². The van der Waals surface area contributed by atoms with Gasteiger partial charge in [-0.15, -0.1) is 0 Å². The van der Waals surface area contributed by atoms with Crippen molar-refractivity contribution in [1.82, 2.24) is 14.9 Å². The van der Waals surface area contributed by atoms with Gasteiger partial charge in [0.25, 0.3) is 5.91 Å². The van der Waals surface area contributed by atoms with E-state index in [0.717, 1.165) is 24.8 Å². The first-order valence-electron chi connectivity index (χ1n) is 10.6. The van der Waals surface area contributed by atoms with Gasteiger partial charge in [-0.3, -0.25) is 9.59 Å². The standard InChI is InChI=1S/C23H29N3O4S/c1-3-26(4-2)31(29,30)19-12-7-11-18(15-19)23(28)24-16-22(27)25-21-14-8-10-17-9-5-6-13-20(17)21/h5-7,9,11-13,15,21H,3-4,8,10,14,16H2,1-2H3,(H,24,28)(H,25,27). The van der Waals surface area contributed by atoms with Gasteiger partial charge in [0.1, 0.15) is 0 Å². The molecular formula is C23H29N3O4S. The lowest BCUT2D eigenvalue weighted by molar-refractivity contribution is -0.121. The van der Waals surface area contributed by atoms with Crippen molar-refractivity contribution in [3.63, 3.8) is 0 Å². The monoisotopic (exact) mass is 443 g/mol. The molecule has 3 rings (SSSR count). The molecule has 0 heterocycles. The van der Waals surface area contributed by atoms with Crippen LogP contribution in [-0.2, 0) is 21.2 Å². The zero-order valence-electron chi connectivity index (χ0n) is 17.9. The molecule has 0 spiro atoms. The van der Waals surface area contributed by atoms with Crippen molar-refractivity contribution in [2.45, 2.75) is 44.0 Å². The molecule has 8 heteroatoms. The lowest BCUT2D eigenvalue weighted by Crippen LogP contribution is -2.39. The van der Waals surface area contributed by atoms with Crippen molar-refractivity contribution in [1.29, 1.82) is 0 Å². The number of hydrogen-bond acceptors (Lipinski definition) is 4. The predicted octanol–water partition coefficient (Wildman–Crippen LogP) is 2.64. The Kier molecular flexibility index (Phi) is 7.46. The Labute approximate surface area is 183 Å². The largest absolute Gasteiger partial charge is 0.348 e. The fourth-order valence-electron chi connectivity index (χ4n) is 3.92. The zero-order chi connectivity index (χ0) is 22.4. The Bertz CT molecular complexity index is 1050. The molecule has 0 radical (unpaired) electrons. The fourth-order valence-corrected chi connectivity index (χ4v) is 5.43. The number of fused-ring (bicyclic) bond motifs is 1. The molecule has 0 bridgehead atoms. The average molecular weight is 444 g/mol. The smallest absolute Gasteiger partial charge is 0.251 e. The molecule has 1 atom stereocenters. The SMILES string of the molecule is CCN(CC)S(=O)(=O)c1cccc(C(=O)NCC(=O)NC2CCCc3ccccc32)c1. The fraction of sp³-hybridized carbons (Fsp3) is 0.391. The molecule has 31 heavy (non-hydrogen) atoms. The topological polar surface area (TPSA) is 95.6 Å². The first kappa shape index (κ1) is 23.0. The highest BCUT2D eigenvalue weighted by molar-refractivity contribution is 7.89. The van der Waals surface area contributed by atoms with Crippen LogP contribution in [0.5, 0.6) is 0 Å². The number of benzene rings is 2. The number of carbonyl (C=O) groups excluding carboxylic acids is 2. The van der Waals surface area contributed by atoms with Crippen LogP contribution in [0.2, 0.25) is 0 Å². The summed E-state index contributed by atoms with van der Waals surface area (Å²) in [6, 6.07) is 13.9. The highest BCUT2D eigenvalue weighted by Crippen LogP contribution is 2.29. The predicted molar refractivity (Wildman–Crippen MR) is 119 cm³/mol. The summed E-state index contributed by atoms with van der Waals surface area (Å²) < 4.78 is 26.7. The van der Waals surface area contributed by atoms with Gasteiger partial charge in [-0.2, -0.15) is 4.31 Å². The van der Waals surface area contributed by atoms with Crippen LogP contribution in [0, 0.1) is 0 Å². The average Bonchev–Trinajstić information content (AvgIpc) is 2.78. The summed E-state index contributed by atoms with van der Waals surface area (Å²) in [6.45, 7) is 4.05. The molecular weight excluding hydrogens is 414 g/mol. The molecule has 0 saturated carbocycles. The summed E-state index contributed by atoms with van der Waals surface area (Å²) in [6.07, 6.45) is 2.87. The number of carbonyl (C=O) groups is 2. The van der Waals surface area contributed by atoms with Gasteiger partial charge in [-0.25, -0.2) is 8.42 Å². The Morgan fingerprint density at radius 1 is 1.06 bits per heavy atom. The van der Waals surface area contributed by atoms with Crippen molar-refractivity contribution in [3.8, 4) is 0 Å². The number of nitrogens with zero attached hydrogens (tertiary/aromatic N) is 1. The summed E-state index contributed by atoms with van der Waals surface area (Å²) >= 11 is 0. The number of aryl methyl sites for hydroxylation is 1. The van der Waals surface area contributed by atoms with E-state index in [4.69, 9.17) is 0 Å². The van der Waals surface area contributed by atoms with Gasteiger partial charge in [0.15, 0.2) is 0 Å². The number of nitrogens with one attached hydrogen (secondary N) is 2. The number of sulfonamides is 1. The van der Waals surface area contributed by atoms with E-state index in [9.17, 15) is 18.0 Å². The van der Waals surface area contributed by atoms with Crippen molar-refractivity contribution in [2.24, 2.45) is 0 Å². The van der Waals surface area contributed by atoms with Crippen LogP contribution in [0.3, 0.4) is 0 Å². The summed E-state index contributed by atoms with van der Waals surface area (Å²) in [7, 11) is -3.66. The highest BCUT2D eigenvalue weighted by Gasteiger charge is 2.23. The molecule has 2 amide bonds. The van der Waals surface area contributed by atoms with E-state index in [1.165, 1.54) is 34.1 Å². The molecule has 0 aliphatic heterocycles. The lowest BCUT2D eigenvalue weighted by Gasteiger charge is -2.26. The van der Waals surface area contributed by atoms with Crippen molar-refractivity contribution >= 4 is 21.8 Å². The van der Waals surface area contributed by atoms with Crippen LogP contribution in [0.15, 0.2) is 53.4 Å². The molecule has 1 unspecified atom stereocenters. The third-order valence-electron chi connectivity index (χ3n) is 5.55. The van der Waals surface area contributed by atoms with E-state index in [2.05, 4.69) is 16.7 Å². The van der Waals surface area contributed by atoms with E-state index in [1.54, 1.807) is 13.8 Å². The third-order valence-corrected chi connectivity index (χ3v) is 7.60. The summed E-state index contributed by atoms with van der Waals surface area (Å²) in [5, 5.41) is 5.58. The molecule has 2 N–H and O–H groups in total. The van der Waals surface area contributed by atoms with Crippen LogP contribution < -0.4 is 10.6 Å². The van der Waals surface area contributed by atoms with E-state index in [0.29, 0.717) is 13.1 Å². The maximum atomic E-state index is 12.7. The van der Waals surface area contributed by atoms with Crippen LogP contribution in [0.25, 0.3) is 0 Å². The third kappa shape index (κ3) is 5.32. The lowest BCUT2D eigenvalue weighted by atomic mass is 9.88. The Morgan fingerprint density at radius 3 is 2.55 bits per heavy atom. The molecule has 0 aromatic heterocycles. The van der Waals surface area contributed by atoms with E-state index in [-0.39, 0.29) is 29.0 Å². The maximum absolute atomic E-state index is 12.7. The maximum Gasteiger partial charge on any atom is 0.251 e. The minimum Gasteiger partial charge on any atom is -0.348 e. The minimum absolute atomic E-state index is 0.0584. The Balaban J connectivity index is 1.62. The second-order valence-electron chi connectivity index (χ2n) is 7.51.